The molecular weight excluding hydrogens is 356 g/mol. The highest BCUT2D eigenvalue weighted by Gasteiger charge is 2.38. The van der Waals surface area contributed by atoms with Crippen molar-refractivity contribution in [1.82, 2.24) is 15.3 Å². The minimum absolute atomic E-state index is 0.0282. The Kier molecular flexibility index (Phi) is 4.45. The highest BCUT2D eigenvalue weighted by Crippen LogP contribution is 2.40. The van der Waals surface area contributed by atoms with Crippen molar-refractivity contribution in [1.29, 1.82) is 0 Å². The van der Waals surface area contributed by atoms with Crippen LogP contribution in [0.4, 0.5) is 5.82 Å². The number of methoxy groups -OCH3 is 1. The summed E-state index contributed by atoms with van der Waals surface area (Å²) >= 11 is 0. The normalized spacial score (nSPS) is 14.7. The van der Waals surface area contributed by atoms with Gasteiger partial charge in [0.05, 0.1) is 18.1 Å². The maximum Gasteiger partial charge on any atom is 0.255 e. The Morgan fingerprint density at radius 2 is 2.07 bits per heavy atom. The molecule has 7 heteroatoms. The van der Waals surface area contributed by atoms with Crippen LogP contribution in [0, 0.1) is 13.8 Å². The van der Waals surface area contributed by atoms with Crippen molar-refractivity contribution >= 4 is 22.8 Å². The minimum atomic E-state index is -0.203. The average molecular weight is 380 g/mol. The van der Waals surface area contributed by atoms with E-state index in [1.807, 2.05) is 25.1 Å². The number of aromatic nitrogens is 2. The molecule has 0 unspecified atom stereocenters. The van der Waals surface area contributed by atoms with E-state index < -0.39 is 0 Å². The SMILES string of the molecule is COc1ccc(CNC(=O)c2c(C)oc3ncnc(NC4(C)CC4)c23)c(C)c1. The molecular formula is C21H24N4O3. The van der Waals surface area contributed by atoms with Crippen LogP contribution in [0.15, 0.2) is 28.9 Å². The van der Waals surface area contributed by atoms with Gasteiger partial charge in [0.25, 0.3) is 5.91 Å². The second kappa shape index (κ2) is 6.82. The molecule has 1 fully saturated rings. The summed E-state index contributed by atoms with van der Waals surface area (Å²) < 4.78 is 11.0. The number of fused-ring (bicyclic) bond motifs is 1. The highest BCUT2D eigenvalue weighted by atomic mass is 16.5. The number of hydrogen-bond donors (Lipinski definition) is 2. The second-order valence-corrected chi connectivity index (χ2v) is 7.60. The minimum Gasteiger partial charge on any atom is -0.497 e. The third kappa shape index (κ3) is 3.40. The van der Waals surface area contributed by atoms with E-state index in [4.69, 9.17) is 9.15 Å². The Labute approximate surface area is 163 Å². The Morgan fingerprint density at radius 1 is 1.29 bits per heavy atom. The fraction of sp³-hybridized carbons (Fsp3) is 0.381. The number of anilines is 1. The predicted molar refractivity (Wildman–Crippen MR) is 107 cm³/mol. The summed E-state index contributed by atoms with van der Waals surface area (Å²) in [7, 11) is 1.64. The van der Waals surface area contributed by atoms with Crippen LogP contribution in [0.2, 0.25) is 0 Å². The number of carbonyl (C=O) groups excluding carboxylic acids is 1. The number of nitrogens with one attached hydrogen (secondary N) is 2. The summed E-state index contributed by atoms with van der Waals surface area (Å²) in [5, 5.41) is 7.07. The van der Waals surface area contributed by atoms with E-state index in [0.29, 0.717) is 34.8 Å². The fourth-order valence-corrected chi connectivity index (χ4v) is 3.27. The van der Waals surface area contributed by atoms with Gasteiger partial charge in [-0.1, -0.05) is 6.07 Å². The van der Waals surface area contributed by atoms with Crippen molar-refractivity contribution in [2.45, 2.75) is 45.7 Å². The van der Waals surface area contributed by atoms with Crippen LogP contribution in [-0.2, 0) is 6.54 Å². The van der Waals surface area contributed by atoms with Crippen molar-refractivity contribution in [2.24, 2.45) is 0 Å². The zero-order chi connectivity index (χ0) is 19.9. The van der Waals surface area contributed by atoms with E-state index in [-0.39, 0.29) is 11.4 Å². The van der Waals surface area contributed by atoms with Gasteiger partial charge in [0, 0.05) is 12.1 Å². The monoisotopic (exact) mass is 380 g/mol. The zero-order valence-electron chi connectivity index (χ0n) is 16.5. The molecule has 0 radical (unpaired) electrons. The van der Waals surface area contributed by atoms with E-state index in [2.05, 4.69) is 27.5 Å². The van der Waals surface area contributed by atoms with Gasteiger partial charge in [-0.3, -0.25) is 4.79 Å². The predicted octanol–water partition coefficient (Wildman–Crippen LogP) is 3.74. The van der Waals surface area contributed by atoms with Crippen molar-refractivity contribution in [2.75, 3.05) is 12.4 Å². The lowest BCUT2D eigenvalue weighted by Gasteiger charge is -2.13. The topological polar surface area (TPSA) is 89.3 Å². The van der Waals surface area contributed by atoms with Gasteiger partial charge in [-0.25, -0.2) is 9.97 Å². The number of rotatable bonds is 6. The molecule has 2 N–H and O–H groups in total. The number of benzene rings is 1. The third-order valence-electron chi connectivity index (χ3n) is 5.30. The maximum atomic E-state index is 13.0. The highest BCUT2D eigenvalue weighted by molar-refractivity contribution is 6.10. The smallest absolute Gasteiger partial charge is 0.255 e. The summed E-state index contributed by atoms with van der Waals surface area (Å²) in [6.07, 6.45) is 3.61. The summed E-state index contributed by atoms with van der Waals surface area (Å²) in [5.41, 5.74) is 3.01. The van der Waals surface area contributed by atoms with Gasteiger partial charge in [0.2, 0.25) is 5.71 Å². The van der Waals surface area contributed by atoms with Gasteiger partial charge in [-0.05, 0) is 56.9 Å². The molecule has 2 heterocycles. The second-order valence-electron chi connectivity index (χ2n) is 7.60. The molecule has 28 heavy (non-hydrogen) atoms. The molecule has 0 aliphatic heterocycles. The summed E-state index contributed by atoms with van der Waals surface area (Å²) in [6, 6.07) is 5.80. The van der Waals surface area contributed by atoms with Gasteiger partial charge >= 0.3 is 0 Å². The van der Waals surface area contributed by atoms with E-state index in [1.54, 1.807) is 14.0 Å². The van der Waals surface area contributed by atoms with Crippen LogP contribution in [0.5, 0.6) is 5.75 Å². The van der Waals surface area contributed by atoms with Gasteiger partial charge in [0.1, 0.15) is 23.7 Å². The molecule has 3 aromatic rings. The van der Waals surface area contributed by atoms with Crippen LogP contribution in [0.25, 0.3) is 11.1 Å². The molecule has 2 aromatic heterocycles. The van der Waals surface area contributed by atoms with Crippen molar-refractivity contribution in [3.63, 3.8) is 0 Å². The maximum absolute atomic E-state index is 13.0. The summed E-state index contributed by atoms with van der Waals surface area (Å²) in [4.78, 5) is 21.6. The molecule has 1 aliphatic carbocycles. The van der Waals surface area contributed by atoms with Crippen LogP contribution >= 0.6 is 0 Å². The Morgan fingerprint density at radius 3 is 2.75 bits per heavy atom. The number of hydrogen-bond acceptors (Lipinski definition) is 6. The molecule has 146 valence electrons. The zero-order valence-corrected chi connectivity index (χ0v) is 16.5. The number of ether oxygens (including phenoxy) is 1. The van der Waals surface area contributed by atoms with E-state index in [1.165, 1.54) is 6.33 Å². The summed E-state index contributed by atoms with van der Waals surface area (Å²) in [6.45, 7) is 6.32. The van der Waals surface area contributed by atoms with E-state index in [0.717, 1.165) is 29.7 Å². The first-order chi connectivity index (χ1) is 13.4. The van der Waals surface area contributed by atoms with Gasteiger partial charge in [-0.2, -0.15) is 0 Å². The molecule has 1 saturated carbocycles. The van der Waals surface area contributed by atoms with E-state index in [9.17, 15) is 4.79 Å². The lowest BCUT2D eigenvalue weighted by atomic mass is 10.1. The Balaban J connectivity index is 1.61. The molecule has 0 atom stereocenters. The number of furan rings is 1. The molecule has 4 rings (SSSR count). The van der Waals surface area contributed by atoms with Gasteiger partial charge in [0.15, 0.2) is 0 Å². The molecule has 7 nitrogen and oxygen atoms in total. The Hall–Kier alpha value is -3.09. The van der Waals surface area contributed by atoms with Crippen LogP contribution < -0.4 is 15.4 Å². The first kappa shape index (κ1) is 18.3. The molecule has 0 spiro atoms. The number of aryl methyl sites for hydroxylation is 2. The van der Waals surface area contributed by atoms with Crippen molar-refractivity contribution in [3.8, 4) is 5.75 Å². The number of carbonyl (C=O) groups is 1. The first-order valence-electron chi connectivity index (χ1n) is 9.34. The van der Waals surface area contributed by atoms with Crippen molar-refractivity contribution in [3.05, 3.63) is 47.0 Å². The van der Waals surface area contributed by atoms with Gasteiger partial charge in [-0.15, -0.1) is 0 Å². The van der Waals surface area contributed by atoms with E-state index >= 15 is 0 Å². The van der Waals surface area contributed by atoms with Crippen LogP contribution in [-0.4, -0.2) is 28.5 Å². The lowest BCUT2D eigenvalue weighted by Crippen LogP contribution is -2.24. The lowest BCUT2D eigenvalue weighted by molar-refractivity contribution is 0.0951. The van der Waals surface area contributed by atoms with Gasteiger partial charge < -0.3 is 19.8 Å². The molecule has 1 amide bonds. The largest absolute Gasteiger partial charge is 0.497 e. The number of amides is 1. The fourth-order valence-electron chi connectivity index (χ4n) is 3.27. The standard InChI is InChI=1S/C21H24N4O3/c1-12-9-15(27-4)6-5-14(12)10-22-19(26)16-13(2)28-20-17(16)18(23-11-24-20)25-21(3)7-8-21/h5-6,9,11H,7-8,10H2,1-4H3,(H,22,26)(H,23,24,25). The molecule has 0 bridgehead atoms. The Bertz CT molecular complexity index is 1050. The first-order valence-corrected chi connectivity index (χ1v) is 9.34. The van der Waals surface area contributed by atoms with Crippen molar-refractivity contribution < 1.29 is 13.9 Å². The molecule has 1 aromatic carbocycles. The number of nitrogens with zero attached hydrogens (tertiary/aromatic N) is 2. The van der Waals surface area contributed by atoms with Crippen LogP contribution in [0.1, 0.15) is 47.0 Å². The average Bonchev–Trinajstić information content (AvgIpc) is 3.28. The molecule has 1 aliphatic rings. The quantitative estimate of drug-likeness (QED) is 0.677. The summed E-state index contributed by atoms with van der Waals surface area (Å²) in [5.74, 6) is 1.77. The van der Waals surface area contributed by atoms with Crippen LogP contribution in [0.3, 0.4) is 0 Å². The molecule has 0 saturated heterocycles. The third-order valence-corrected chi connectivity index (χ3v) is 5.30.